The van der Waals surface area contributed by atoms with E-state index in [1.807, 2.05) is 30.6 Å². The lowest BCUT2D eigenvalue weighted by Gasteiger charge is -2.29. The van der Waals surface area contributed by atoms with E-state index in [1.54, 1.807) is 4.31 Å². The number of aromatic nitrogens is 2. The average molecular weight is 473 g/mol. The summed E-state index contributed by atoms with van der Waals surface area (Å²) in [6.07, 6.45) is 6.51. The molecule has 1 aliphatic heterocycles. The number of hydrogen-bond acceptors (Lipinski definition) is 5. The van der Waals surface area contributed by atoms with Crippen LogP contribution in [0.15, 0.2) is 60.9 Å². The molecule has 4 aromatic rings. The van der Waals surface area contributed by atoms with Crippen LogP contribution in [0.2, 0.25) is 0 Å². The highest BCUT2D eigenvalue weighted by molar-refractivity contribution is 7.88. The van der Waals surface area contributed by atoms with Crippen molar-refractivity contribution in [1.29, 1.82) is 0 Å². The van der Waals surface area contributed by atoms with E-state index in [4.69, 9.17) is 9.97 Å². The van der Waals surface area contributed by atoms with Crippen molar-refractivity contribution < 1.29 is 8.42 Å². The van der Waals surface area contributed by atoms with Gasteiger partial charge in [-0.1, -0.05) is 37.3 Å². The molecule has 174 valence electrons. The van der Waals surface area contributed by atoms with E-state index in [-0.39, 0.29) is 0 Å². The van der Waals surface area contributed by atoms with Crippen molar-refractivity contribution >= 4 is 32.3 Å². The monoisotopic (exact) mass is 472 g/mol. The van der Waals surface area contributed by atoms with Crippen molar-refractivity contribution in [2.45, 2.75) is 33.2 Å². The number of pyridine rings is 2. The van der Waals surface area contributed by atoms with E-state index < -0.39 is 10.0 Å². The predicted molar refractivity (Wildman–Crippen MR) is 138 cm³/mol. The highest BCUT2D eigenvalue weighted by Crippen LogP contribution is 2.33. The van der Waals surface area contributed by atoms with Gasteiger partial charge in [0.05, 0.1) is 11.9 Å². The summed E-state index contributed by atoms with van der Waals surface area (Å²) < 4.78 is 25.8. The van der Waals surface area contributed by atoms with Crippen LogP contribution >= 0.6 is 0 Å². The van der Waals surface area contributed by atoms with Gasteiger partial charge >= 0.3 is 0 Å². The fourth-order valence-corrected chi connectivity index (χ4v) is 5.42. The zero-order valence-electron chi connectivity index (χ0n) is 19.7. The van der Waals surface area contributed by atoms with Gasteiger partial charge in [0, 0.05) is 47.7 Å². The molecule has 34 heavy (non-hydrogen) atoms. The van der Waals surface area contributed by atoms with E-state index in [0.717, 1.165) is 62.2 Å². The van der Waals surface area contributed by atoms with Crippen LogP contribution in [-0.4, -0.2) is 35.5 Å². The van der Waals surface area contributed by atoms with E-state index in [9.17, 15) is 8.42 Å². The first-order chi connectivity index (χ1) is 16.3. The van der Waals surface area contributed by atoms with E-state index in [2.05, 4.69) is 49.5 Å². The Bertz CT molecular complexity index is 1500. The molecule has 0 saturated carbocycles. The number of nitrogens with one attached hydrogen (secondary N) is 1. The van der Waals surface area contributed by atoms with E-state index >= 15 is 0 Å². The molecule has 2 aromatic carbocycles. The van der Waals surface area contributed by atoms with Crippen molar-refractivity contribution in [1.82, 2.24) is 14.3 Å². The largest absolute Gasteiger partial charge is 0.340 e. The summed E-state index contributed by atoms with van der Waals surface area (Å²) in [5.41, 5.74) is 7.34. The Morgan fingerprint density at radius 1 is 1.00 bits per heavy atom. The molecule has 0 bridgehead atoms. The molecule has 2 aromatic heterocycles. The molecule has 0 atom stereocenters. The molecule has 0 fully saturated rings. The van der Waals surface area contributed by atoms with Crippen LogP contribution in [0.5, 0.6) is 0 Å². The molecule has 0 unspecified atom stereocenters. The lowest BCUT2D eigenvalue weighted by Crippen LogP contribution is -2.36. The second-order valence-corrected chi connectivity index (χ2v) is 10.8. The number of nitrogens with zero attached hydrogens (tertiary/aromatic N) is 3. The SMILES string of the molecule is CCc1cnc(Nc2ccc(C)c(-c3cc4ccccc4cn3)c2)c2c1CN(S(C)(=O)=O)CC2. The Kier molecular flexibility index (Phi) is 5.83. The molecular weight excluding hydrogens is 444 g/mol. The van der Waals surface area contributed by atoms with Crippen molar-refractivity contribution in [3.8, 4) is 11.3 Å². The predicted octanol–water partition coefficient (Wildman–Crippen LogP) is 5.23. The van der Waals surface area contributed by atoms with Gasteiger partial charge in [-0.05, 0) is 60.0 Å². The first-order valence-corrected chi connectivity index (χ1v) is 13.4. The highest BCUT2D eigenvalue weighted by Gasteiger charge is 2.27. The minimum Gasteiger partial charge on any atom is -0.340 e. The molecule has 0 amide bonds. The number of sulfonamides is 1. The normalized spacial score (nSPS) is 14.2. The fraction of sp³-hybridized carbons (Fsp3) is 0.259. The molecule has 0 spiro atoms. The van der Waals surface area contributed by atoms with Gasteiger partial charge < -0.3 is 5.32 Å². The Labute approximate surface area is 200 Å². The van der Waals surface area contributed by atoms with Crippen LogP contribution in [0.1, 0.15) is 29.2 Å². The van der Waals surface area contributed by atoms with Crippen LogP contribution in [0.25, 0.3) is 22.0 Å². The number of benzene rings is 2. The van der Waals surface area contributed by atoms with Gasteiger partial charge in [0.2, 0.25) is 10.0 Å². The van der Waals surface area contributed by atoms with Gasteiger partial charge in [0.1, 0.15) is 5.82 Å². The first-order valence-electron chi connectivity index (χ1n) is 11.5. The first kappa shape index (κ1) is 22.5. The maximum atomic E-state index is 12.1. The summed E-state index contributed by atoms with van der Waals surface area (Å²) >= 11 is 0. The lowest BCUT2D eigenvalue weighted by molar-refractivity contribution is 0.393. The summed E-state index contributed by atoms with van der Waals surface area (Å²) in [6.45, 7) is 5.03. The zero-order chi connectivity index (χ0) is 23.9. The van der Waals surface area contributed by atoms with Crippen LogP contribution in [0.3, 0.4) is 0 Å². The minimum absolute atomic E-state index is 0.398. The molecule has 0 radical (unpaired) electrons. The third-order valence-corrected chi connectivity index (χ3v) is 7.84. The molecule has 5 rings (SSSR count). The molecule has 1 N–H and O–H groups in total. The van der Waals surface area contributed by atoms with Gasteiger partial charge in [0.25, 0.3) is 0 Å². The van der Waals surface area contributed by atoms with Crippen LogP contribution < -0.4 is 5.32 Å². The second-order valence-electron chi connectivity index (χ2n) is 8.86. The number of aryl methyl sites for hydroxylation is 2. The minimum atomic E-state index is -3.24. The summed E-state index contributed by atoms with van der Waals surface area (Å²) in [7, 11) is -3.24. The summed E-state index contributed by atoms with van der Waals surface area (Å²) in [6, 6.07) is 16.6. The smallest absolute Gasteiger partial charge is 0.211 e. The Balaban J connectivity index is 1.51. The van der Waals surface area contributed by atoms with Crippen LogP contribution in [0, 0.1) is 6.92 Å². The maximum Gasteiger partial charge on any atom is 0.211 e. The molecular formula is C27H28N4O2S. The fourth-order valence-electron chi connectivity index (χ4n) is 4.63. The molecule has 3 heterocycles. The highest BCUT2D eigenvalue weighted by atomic mass is 32.2. The van der Waals surface area contributed by atoms with Gasteiger partial charge in [-0.3, -0.25) is 4.98 Å². The average Bonchev–Trinajstić information content (AvgIpc) is 2.84. The lowest BCUT2D eigenvalue weighted by atomic mass is 9.96. The zero-order valence-corrected chi connectivity index (χ0v) is 20.5. The number of anilines is 2. The molecule has 6 nitrogen and oxygen atoms in total. The molecule has 1 aliphatic rings. The quantitative estimate of drug-likeness (QED) is 0.431. The molecule has 0 aliphatic carbocycles. The molecule has 7 heteroatoms. The van der Waals surface area contributed by atoms with Crippen molar-refractivity contribution in [3.05, 3.63) is 83.2 Å². The standard InChI is InChI=1S/C27H28N4O2S/c1-4-19-15-29-27(23-11-12-31(17-25(19)23)34(3,32)33)30-22-10-9-18(2)24(14-22)26-13-20-7-5-6-8-21(20)16-28-26/h5-10,13-16H,4,11-12,17H2,1-3H3,(H,29,30). The van der Waals surface area contributed by atoms with E-state index in [1.165, 1.54) is 6.26 Å². The number of fused-ring (bicyclic) bond motifs is 2. The van der Waals surface area contributed by atoms with Crippen molar-refractivity contribution in [2.75, 3.05) is 18.1 Å². The maximum absolute atomic E-state index is 12.1. The van der Waals surface area contributed by atoms with Gasteiger partial charge in [-0.2, -0.15) is 4.31 Å². The van der Waals surface area contributed by atoms with Crippen LogP contribution in [0.4, 0.5) is 11.5 Å². The topological polar surface area (TPSA) is 75.2 Å². The van der Waals surface area contributed by atoms with Crippen LogP contribution in [-0.2, 0) is 29.4 Å². The van der Waals surface area contributed by atoms with Gasteiger partial charge in [0.15, 0.2) is 0 Å². The Hall–Kier alpha value is -3.29. The Morgan fingerprint density at radius 3 is 2.56 bits per heavy atom. The Morgan fingerprint density at radius 2 is 1.79 bits per heavy atom. The van der Waals surface area contributed by atoms with E-state index in [0.29, 0.717) is 19.5 Å². The summed E-state index contributed by atoms with van der Waals surface area (Å²) in [5.74, 6) is 0.793. The third-order valence-electron chi connectivity index (χ3n) is 6.59. The van der Waals surface area contributed by atoms with Gasteiger partial charge in [-0.15, -0.1) is 0 Å². The van der Waals surface area contributed by atoms with Gasteiger partial charge in [-0.25, -0.2) is 13.4 Å². The summed E-state index contributed by atoms with van der Waals surface area (Å²) in [5, 5.41) is 5.78. The summed E-state index contributed by atoms with van der Waals surface area (Å²) in [4.78, 5) is 9.42. The van der Waals surface area contributed by atoms with Crippen molar-refractivity contribution in [2.24, 2.45) is 0 Å². The second kappa shape index (κ2) is 8.81. The molecule has 0 saturated heterocycles. The third kappa shape index (κ3) is 4.29. The van der Waals surface area contributed by atoms with Crippen molar-refractivity contribution in [3.63, 3.8) is 0 Å². The number of rotatable bonds is 5. The number of hydrogen-bond donors (Lipinski definition) is 1.